The molecular weight excluding hydrogens is 353 g/mol. The number of halogens is 1. The van der Waals surface area contributed by atoms with E-state index in [1.54, 1.807) is 24.3 Å². The van der Waals surface area contributed by atoms with Crippen LogP contribution in [0.2, 0.25) is 0 Å². The summed E-state index contributed by atoms with van der Waals surface area (Å²) in [5, 5.41) is 3.91. The quantitative estimate of drug-likeness (QED) is 0.654. The van der Waals surface area contributed by atoms with Gasteiger partial charge >= 0.3 is 0 Å². The Labute approximate surface area is 153 Å². The summed E-state index contributed by atoms with van der Waals surface area (Å²) in [6.45, 7) is 0. The van der Waals surface area contributed by atoms with Gasteiger partial charge in [0.25, 0.3) is 5.91 Å². The maximum Gasteiger partial charge on any atom is 0.259 e. The Morgan fingerprint density at radius 3 is 2.52 bits per heavy atom. The summed E-state index contributed by atoms with van der Waals surface area (Å²) in [6.07, 6.45) is 0. The summed E-state index contributed by atoms with van der Waals surface area (Å²) in [4.78, 5) is 39.5. The first kappa shape index (κ1) is 16.9. The first-order valence-electron chi connectivity index (χ1n) is 8.17. The van der Waals surface area contributed by atoms with Gasteiger partial charge in [0.15, 0.2) is 0 Å². The third-order valence-corrected chi connectivity index (χ3v) is 4.59. The van der Waals surface area contributed by atoms with Crippen molar-refractivity contribution in [1.29, 1.82) is 0 Å². The van der Waals surface area contributed by atoms with Crippen LogP contribution < -0.4 is 15.1 Å². The fourth-order valence-corrected chi connectivity index (χ4v) is 3.28. The highest BCUT2D eigenvalue weighted by atomic mass is 19.1. The second kappa shape index (κ2) is 6.31. The van der Waals surface area contributed by atoms with E-state index >= 15 is 0 Å². The number of carbonyl (C=O) groups excluding carboxylic acids is 3. The third kappa shape index (κ3) is 2.57. The van der Waals surface area contributed by atoms with Crippen LogP contribution in [0, 0.1) is 11.7 Å². The number of rotatable bonds is 4. The van der Waals surface area contributed by atoms with Crippen LogP contribution >= 0.6 is 0 Å². The molecule has 7 nitrogen and oxygen atoms in total. The molecule has 2 heterocycles. The van der Waals surface area contributed by atoms with Crippen LogP contribution in [0.3, 0.4) is 0 Å². The predicted octanol–water partition coefficient (Wildman–Crippen LogP) is 1.53. The maximum absolute atomic E-state index is 13.1. The Morgan fingerprint density at radius 2 is 1.81 bits per heavy atom. The van der Waals surface area contributed by atoms with Crippen LogP contribution in [0.5, 0.6) is 5.75 Å². The molecule has 136 valence electrons. The van der Waals surface area contributed by atoms with Crippen molar-refractivity contribution in [2.75, 3.05) is 12.0 Å². The first-order chi connectivity index (χ1) is 13.0. The number of fused-ring (bicyclic) bond motifs is 1. The molecule has 0 spiro atoms. The van der Waals surface area contributed by atoms with Gasteiger partial charge in [-0.15, -0.1) is 0 Å². The van der Waals surface area contributed by atoms with Crippen molar-refractivity contribution in [2.45, 2.75) is 6.04 Å². The van der Waals surface area contributed by atoms with Crippen LogP contribution in [0.15, 0.2) is 53.6 Å². The summed E-state index contributed by atoms with van der Waals surface area (Å²) in [6, 6.07) is 10.6. The second-order valence-corrected chi connectivity index (χ2v) is 6.10. The largest absolute Gasteiger partial charge is 0.495 e. The van der Waals surface area contributed by atoms with E-state index in [2.05, 4.69) is 10.5 Å². The van der Waals surface area contributed by atoms with Gasteiger partial charge in [0.05, 0.1) is 12.8 Å². The summed E-state index contributed by atoms with van der Waals surface area (Å²) in [5.74, 6) is -2.76. The molecule has 0 aliphatic carbocycles. The number of anilines is 1. The summed E-state index contributed by atoms with van der Waals surface area (Å²) >= 11 is 0. The Kier molecular flexibility index (Phi) is 3.95. The van der Waals surface area contributed by atoms with Gasteiger partial charge in [-0.25, -0.2) is 9.29 Å². The minimum atomic E-state index is -1.04. The topological polar surface area (TPSA) is 88.1 Å². The number of hydrogen-bond donors (Lipinski definition) is 1. The van der Waals surface area contributed by atoms with Gasteiger partial charge in [-0.05, 0) is 36.4 Å². The van der Waals surface area contributed by atoms with E-state index in [1.165, 1.54) is 19.2 Å². The summed E-state index contributed by atoms with van der Waals surface area (Å²) in [7, 11) is 1.44. The highest BCUT2D eigenvalue weighted by Crippen LogP contribution is 2.36. The lowest BCUT2D eigenvalue weighted by molar-refractivity contribution is -0.122. The molecule has 2 aliphatic heterocycles. The molecule has 2 aliphatic rings. The van der Waals surface area contributed by atoms with Crippen molar-refractivity contribution in [3.8, 4) is 5.75 Å². The van der Waals surface area contributed by atoms with Crippen molar-refractivity contribution >= 4 is 29.0 Å². The molecule has 1 saturated heterocycles. The lowest BCUT2D eigenvalue weighted by atomic mass is 9.93. The average molecular weight is 367 g/mol. The number of carbonyl (C=O) groups is 3. The van der Waals surface area contributed by atoms with Crippen molar-refractivity contribution < 1.29 is 23.5 Å². The summed E-state index contributed by atoms with van der Waals surface area (Å²) < 4.78 is 18.3. The lowest BCUT2D eigenvalue weighted by Crippen LogP contribution is -2.36. The van der Waals surface area contributed by atoms with Gasteiger partial charge in [0.1, 0.15) is 29.2 Å². The van der Waals surface area contributed by atoms with Crippen molar-refractivity contribution in [2.24, 2.45) is 11.0 Å². The van der Waals surface area contributed by atoms with Gasteiger partial charge < -0.3 is 4.74 Å². The number of benzene rings is 2. The van der Waals surface area contributed by atoms with E-state index in [4.69, 9.17) is 4.74 Å². The Bertz CT molecular complexity index is 987. The van der Waals surface area contributed by atoms with E-state index in [9.17, 15) is 18.8 Å². The van der Waals surface area contributed by atoms with Gasteiger partial charge in [-0.2, -0.15) is 5.10 Å². The van der Waals surface area contributed by atoms with E-state index in [0.717, 1.165) is 17.0 Å². The molecule has 4 rings (SSSR count). The number of amides is 2. The number of hydrogen-bond acceptors (Lipinski definition) is 6. The van der Waals surface area contributed by atoms with Crippen LogP contribution in [0.4, 0.5) is 10.1 Å². The van der Waals surface area contributed by atoms with Crippen molar-refractivity contribution in [3.63, 3.8) is 0 Å². The zero-order valence-corrected chi connectivity index (χ0v) is 14.2. The number of nitrogens with zero attached hydrogens (tertiary/aromatic N) is 2. The number of methoxy groups -OCH3 is 1. The minimum absolute atomic E-state index is 0.0673. The zero-order chi connectivity index (χ0) is 19.1. The van der Waals surface area contributed by atoms with Crippen LogP contribution in [-0.4, -0.2) is 36.5 Å². The highest BCUT2D eigenvalue weighted by Gasteiger charge is 2.55. The van der Waals surface area contributed by atoms with E-state index in [-0.39, 0.29) is 11.3 Å². The van der Waals surface area contributed by atoms with Gasteiger partial charge in [-0.3, -0.25) is 19.8 Å². The number of nitrogens with one attached hydrogen (secondary N) is 1. The molecule has 0 saturated carbocycles. The molecule has 1 N–H and O–H groups in total. The maximum atomic E-state index is 13.1. The molecule has 2 amide bonds. The molecule has 1 fully saturated rings. The molecule has 8 heteroatoms. The molecule has 2 aromatic carbocycles. The van der Waals surface area contributed by atoms with Crippen molar-refractivity contribution in [1.82, 2.24) is 5.43 Å². The molecule has 2 atom stereocenters. The van der Waals surface area contributed by atoms with E-state index < -0.39 is 35.4 Å². The molecule has 0 radical (unpaired) electrons. The van der Waals surface area contributed by atoms with E-state index in [0.29, 0.717) is 11.4 Å². The monoisotopic (exact) mass is 367 g/mol. The number of ketones is 1. The van der Waals surface area contributed by atoms with Gasteiger partial charge in [0, 0.05) is 5.56 Å². The minimum Gasteiger partial charge on any atom is -0.495 e. The fourth-order valence-electron chi connectivity index (χ4n) is 3.28. The Morgan fingerprint density at radius 1 is 1.11 bits per heavy atom. The van der Waals surface area contributed by atoms with Crippen molar-refractivity contribution in [3.05, 3.63) is 59.9 Å². The first-order valence-corrected chi connectivity index (χ1v) is 8.17. The molecule has 2 aromatic rings. The van der Waals surface area contributed by atoms with Gasteiger partial charge in [0.2, 0.25) is 11.7 Å². The molecular formula is C19H14FN3O4. The van der Waals surface area contributed by atoms with E-state index in [1.807, 2.05) is 0 Å². The Balaban J connectivity index is 1.68. The second-order valence-electron chi connectivity index (χ2n) is 6.10. The molecule has 0 aromatic heterocycles. The van der Waals surface area contributed by atoms with Gasteiger partial charge in [-0.1, -0.05) is 12.1 Å². The normalized spacial score (nSPS) is 21.0. The number of ether oxygens (including phenoxy) is 1. The number of hydrazone groups is 1. The van der Waals surface area contributed by atoms with Crippen LogP contribution in [-0.2, 0) is 9.59 Å². The number of para-hydroxylation sites is 2. The zero-order valence-electron chi connectivity index (χ0n) is 14.2. The molecule has 27 heavy (non-hydrogen) atoms. The lowest BCUT2D eigenvalue weighted by Gasteiger charge is -2.18. The highest BCUT2D eigenvalue weighted by molar-refractivity contribution is 6.52. The summed E-state index contributed by atoms with van der Waals surface area (Å²) in [5.41, 5.74) is 3.01. The predicted molar refractivity (Wildman–Crippen MR) is 94.1 cm³/mol. The molecule has 0 bridgehead atoms. The third-order valence-electron chi connectivity index (χ3n) is 4.59. The number of imide groups is 1. The smallest absolute Gasteiger partial charge is 0.259 e. The van der Waals surface area contributed by atoms with Crippen LogP contribution in [0.1, 0.15) is 10.4 Å². The SMILES string of the molecule is COc1ccccc1N1C(=O)[C@H]2C(C(=O)c3ccc(F)cc3)=NN[C@@H]2C1=O. The number of Topliss-reactive ketones (excluding diaryl/α,β-unsaturated/α-hetero) is 1. The standard InChI is InChI=1S/C19H14FN3O4/c1-27-13-5-3-2-4-12(13)23-18(25)14-15(21-22-16(14)19(23)26)17(24)10-6-8-11(20)9-7-10/h2-9,14,16,22H,1H3/t14-,16-/m0/s1. The Hall–Kier alpha value is -3.55. The molecule has 0 unspecified atom stereocenters. The fraction of sp³-hybridized carbons (Fsp3) is 0.158. The van der Waals surface area contributed by atoms with Crippen LogP contribution in [0.25, 0.3) is 0 Å². The average Bonchev–Trinajstić information content (AvgIpc) is 3.22.